The van der Waals surface area contributed by atoms with Crippen LogP contribution in [0.2, 0.25) is 0 Å². The van der Waals surface area contributed by atoms with E-state index in [9.17, 15) is 4.79 Å². The lowest BCUT2D eigenvalue weighted by atomic mass is 9.87. The van der Waals surface area contributed by atoms with Gasteiger partial charge in [-0.2, -0.15) is 0 Å². The van der Waals surface area contributed by atoms with Gasteiger partial charge >= 0.3 is 0 Å². The van der Waals surface area contributed by atoms with Crippen LogP contribution in [0.1, 0.15) is 38.6 Å². The molecule has 0 bridgehead atoms. The van der Waals surface area contributed by atoms with E-state index < -0.39 is 0 Å². The van der Waals surface area contributed by atoms with Crippen molar-refractivity contribution in [1.82, 2.24) is 9.55 Å². The predicted molar refractivity (Wildman–Crippen MR) is 62.6 cm³/mol. The van der Waals surface area contributed by atoms with Crippen LogP contribution in [0.25, 0.3) is 0 Å². The molecule has 82 valence electrons. The quantitative estimate of drug-likeness (QED) is 0.745. The Labute approximate surface area is 94.1 Å². The Bertz CT molecular complexity index is 448. The van der Waals surface area contributed by atoms with Crippen LogP contribution in [0.5, 0.6) is 0 Å². The number of hydrogen-bond donors (Lipinski definition) is 1. The maximum Gasteiger partial charge on any atom is 0.251 e. The second-order valence-corrected chi connectivity index (χ2v) is 4.83. The summed E-state index contributed by atoms with van der Waals surface area (Å²) in [6.45, 7) is 2.28. The molecule has 0 saturated heterocycles. The monoisotopic (exact) mass is 224 g/mol. The van der Waals surface area contributed by atoms with E-state index in [2.05, 4.69) is 11.9 Å². The molecule has 2 rings (SSSR count). The first-order chi connectivity index (χ1) is 7.16. The van der Waals surface area contributed by atoms with Crippen molar-refractivity contribution in [3.63, 3.8) is 0 Å². The molecule has 0 radical (unpaired) electrons. The van der Waals surface area contributed by atoms with Crippen LogP contribution in [-0.2, 0) is 0 Å². The Kier molecular flexibility index (Phi) is 3.05. The second-order valence-electron chi connectivity index (χ2n) is 4.44. The van der Waals surface area contributed by atoms with Gasteiger partial charge in [0, 0.05) is 18.3 Å². The molecule has 1 aromatic heterocycles. The normalized spacial score (nSPS) is 26.5. The molecule has 1 aliphatic rings. The van der Waals surface area contributed by atoms with Crippen LogP contribution in [0, 0.1) is 10.7 Å². The number of nitrogens with zero attached hydrogens (tertiary/aromatic N) is 1. The lowest BCUT2D eigenvalue weighted by Crippen LogP contribution is -2.21. The standard InChI is InChI=1S/C11H16N2OS/c1-8-3-2-4-9(7-8)13-6-5-10(14)12-11(13)15/h5-6,8-9H,2-4,7H2,1H3,(H,12,14,15). The van der Waals surface area contributed by atoms with Crippen LogP contribution in [0.15, 0.2) is 17.1 Å². The third-order valence-electron chi connectivity index (χ3n) is 3.15. The zero-order chi connectivity index (χ0) is 10.8. The van der Waals surface area contributed by atoms with Crippen LogP contribution < -0.4 is 5.56 Å². The number of H-pyrrole nitrogens is 1. The molecule has 1 aliphatic carbocycles. The van der Waals surface area contributed by atoms with Gasteiger partial charge in [0.25, 0.3) is 5.56 Å². The van der Waals surface area contributed by atoms with Gasteiger partial charge in [-0.25, -0.2) is 0 Å². The van der Waals surface area contributed by atoms with E-state index in [1.807, 2.05) is 10.8 Å². The first kappa shape index (κ1) is 10.6. The zero-order valence-electron chi connectivity index (χ0n) is 8.90. The highest BCUT2D eigenvalue weighted by atomic mass is 32.1. The third-order valence-corrected chi connectivity index (χ3v) is 3.47. The van der Waals surface area contributed by atoms with Crippen LogP contribution in [0.4, 0.5) is 0 Å². The van der Waals surface area contributed by atoms with Crippen molar-refractivity contribution in [1.29, 1.82) is 0 Å². The van der Waals surface area contributed by atoms with E-state index in [-0.39, 0.29) is 5.56 Å². The van der Waals surface area contributed by atoms with E-state index >= 15 is 0 Å². The van der Waals surface area contributed by atoms with E-state index in [1.54, 1.807) is 6.07 Å². The molecule has 0 amide bonds. The van der Waals surface area contributed by atoms with Gasteiger partial charge in [0.15, 0.2) is 4.77 Å². The zero-order valence-corrected chi connectivity index (χ0v) is 9.72. The number of aromatic nitrogens is 2. The lowest BCUT2D eigenvalue weighted by Gasteiger charge is -2.28. The number of aromatic amines is 1. The van der Waals surface area contributed by atoms with Gasteiger partial charge in [0.2, 0.25) is 0 Å². The van der Waals surface area contributed by atoms with E-state index in [0.717, 1.165) is 5.92 Å². The molecule has 1 saturated carbocycles. The number of nitrogens with one attached hydrogen (secondary N) is 1. The Morgan fingerprint density at radius 2 is 2.33 bits per heavy atom. The van der Waals surface area contributed by atoms with E-state index in [1.165, 1.54) is 25.7 Å². The smallest absolute Gasteiger partial charge is 0.251 e. The van der Waals surface area contributed by atoms with Gasteiger partial charge in [-0.05, 0) is 31.0 Å². The van der Waals surface area contributed by atoms with Crippen molar-refractivity contribution < 1.29 is 0 Å². The van der Waals surface area contributed by atoms with Crippen LogP contribution in [-0.4, -0.2) is 9.55 Å². The lowest BCUT2D eigenvalue weighted by molar-refractivity contribution is 0.278. The Hall–Kier alpha value is -0.900. The molecular formula is C11H16N2OS. The van der Waals surface area contributed by atoms with Gasteiger partial charge < -0.3 is 4.57 Å². The first-order valence-electron chi connectivity index (χ1n) is 5.48. The molecule has 0 spiro atoms. The van der Waals surface area contributed by atoms with Crippen molar-refractivity contribution in [2.75, 3.05) is 0 Å². The fraction of sp³-hybridized carbons (Fsp3) is 0.636. The van der Waals surface area contributed by atoms with Gasteiger partial charge in [-0.1, -0.05) is 19.8 Å². The summed E-state index contributed by atoms with van der Waals surface area (Å²) in [5.41, 5.74) is -0.111. The summed E-state index contributed by atoms with van der Waals surface area (Å²) < 4.78 is 2.59. The van der Waals surface area contributed by atoms with Gasteiger partial charge in [0.05, 0.1) is 0 Å². The van der Waals surface area contributed by atoms with Crippen molar-refractivity contribution in [2.24, 2.45) is 5.92 Å². The Morgan fingerprint density at radius 1 is 1.53 bits per heavy atom. The largest absolute Gasteiger partial charge is 0.322 e. The minimum Gasteiger partial charge on any atom is -0.322 e. The average Bonchev–Trinajstić information content (AvgIpc) is 2.17. The molecule has 15 heavy (non-hydrogen) atoms. The van der Waals surface area contributed by atoms with E-state index in [4.69, 9.17) is 12.2 Å². The second kappa shape index (κ2) is 4.31. The SMILES string of the molecule is CC1CCCC(n2ccc(=O)[nH]c2=S)C1. The first-order valence-corrected chi connectivity index (χ1v) is 5.89. The van der Waals surface area contributed by atoms with E-state index in [0.29, 0.717) is 10.8 Å². The molecule has 2 unspecified atom stereocenters. The highest BCUT2D eigenvalue weighted by molar-refractivity contribution is 7.71. The fourth-order valence-electron chi connectivity index (χ4n) is 2.37. The molecule has 0 aliphatic heterocycles. The summed E-state index contributed by atoms with van der Waals surface area (Å²) in [5.74, 6) is 0.762. The molecule has 1 fully saturated rings. The summed E-state index contributed by atoms with van der Waals surface area (Å²) >= 11 is 5.17. The van der Waals surface area contributed by atoms with Crippen LogP contribution in [0.3, 0.4) is 0 Å². The van der Waals surface area contributed by atoms with Crippen molar-refractivity contribution >= 4 is 12.2 Å². The predicted octanol–water partition coefficient (Wildman–Crippen LogP) is 2.66. The maximum absolute atomic E-state index is 11.1. The van der Waals surface area contributed by atoms with Crippen molar-refractivity contribution in [3.8, 4) is 0 Å². The maximum atomic E-state index is 11.1. The fourth-order valence-corrected chi connectivity index (χ4v) is 2.68. The molecule has 1 N–H and O–H groups in total. The molecule has 1 heterocycles. The van der Waals surface area contributed by atoms with Crippen molar-refractivity contribution in [2.45, 2.75) is 38.6 Å². The van der Waals surface area contributed by atoms with Gasteiger partial charge in [-0.3, -0.25) is 9.78 Å². The third kappa shape index (κ3) is 2.37. The highest BCUT2D eigenvalue weighted by Gasteiger charge is 2.20. The molecular weight excluding hydrogens is 208 g/mol. The summed E-state index contributed by atoms with van der Waals surface area (Å²) in [6.07, 6.45) is 6.73. The molecule has 1 aromatic rings. The summed E-state index contributed by atoms with van der Waals surface area (Å²) in [7, 11) is 0. The number of rotatable bonds is 1. The van der Waals surface area contributed by atoms with Crippen molar-refractivity contribution in [3.05, 3.63) is 27.4 Å². The Balaban J connectivity index is 2.29. The summed E-state index contributed by atoms with van der Waals surface area (Å²) in [6, 6.07) is 2.02. The molecule has 4 heteroatoms. The molecule has 2 atom stereocenters. The topological polar surface area (TPSA) is 37.8 Å². The molecule has 0 aromatic carbocycles. The Morgan fingerprint density at radius 3 is 3.00 bits per heavy atom. The van der Waals surface area contributed by atoms with Gasteiger partial charge in [-0.15, -0.1) is 0 Å². The minimum absolute atomic E-state index is 0.111. The summed E-state index contributed by atoms with van der Waals surface area (Å²) in [4.78, 5) is 13.7. The minimum atomic E-state index is -0.111. The highest BCUT2D eigenvalue weighted by Crippen LogP contribution is 2.31. The van der Waals surface area contributed by atoms with Gasteiger partial charge in [0.1, 0.15) is 0 Å². The van der Waals surface area contributed by atoms with Crippen LogP contribution >= 0.6 is 12.2 Å². The molecule has 3 nitrogen and oxygen atoms in total. The average molecular weight is 224 g/mol. The summed E-state index contributed by atoms with van der Waals surface area (Å²) in [5, 5.41) is 0. The number of hydrogen-bond acceptors (Lipinski definition) is 2.